The third-order valence-electron chi connectivity index (χ3n) is 3.28. The Morgan fingerprint density at radius 3 is 2.55 bits per heavy atom. The number of piperidine rings is 1. The maximum atomic E-state index is 11.9. The molecule has 1 saturated heterocycles. The van der Waals surface area contributed by atoms with E-state index in [1.165, 1.54) is 0 Å². The van der Waals surface area contributed by atoms with Gasteiger partial charge in [0.1, 0.15) is 6.61 Å². The molecule has 2 amide bonds. The summed E-state index contributed by atoms with van der Waals surface area (Å²) in [5.41, 5.74) is 0. The normalized spacial score (nSPS) is 19.4. The van der Waals surface area contributed by atoms with Gasteiger partial charge in [0.25, 0.3) is 0 Å². The van der Waals surface area contributed by atoms with Crippen LogP contribution in [0.2, 0.25) is 0 Å². The molecule has 0 radical (unpaired) electrons. The molecule has 1 aliphatic heterocycles. The average Bonchev–Trinajstić information content (AvgIpc) is 2.42. The number of carbonyl (C=O) groups excluding carboxylic acids is 1. The summed E-state index contributed by atoms with van der Waals surface area (Å²) in [6.07, 6.45) is 2.78. The van der Waals surface area contributed by atoms with Crippen molar-refractivity contribution >= 4 is 22.8 Å². The number of amides is 2. The molecule has 116 valence electrons. The van der Waals surface area contributed by atoms with Gasteiger partial charge in [-0.3, -0.25) is 4.21 Å². The molecule has 1 heterocycles. The summed E-state index contributed by atoms with van der Waals surface area (Å²) in [6, 6.07) is -0.168. The first kappa shape index (κ1) is 16.9. The molecule has 1 fully saturated rings. The lowest BCUT2D eigenvalue weighted by Gasteiger charge is -2.31. The average molecular weight is 306 g/mol. The third kappa shape index (κ3) is 5.87. The molecule has 0 aliphatic carbocycles. The molecule has 2 N–H and O–H groups in total. The van der Waals surface area contributed by atoms with Gasteiger partial charge in [0.05, 0.1) is 6.10 Å². The molecule has 1 aliphatic rings. The van der Waals surface area contributed by atoms with E-state index in [-0.39, 0.29) is 24.0 Å². The molecule has 0 aromatic heterocycles. The van der Waals surface area contributed by atoms with Gasteiger partial charge in [0, 0.05) is 41.9 Å². The Morgan fingerprint density at radius 1 is 1.45 bits per heavy atom. The van der Waals surface area contributed by atoms with Crippen LogP contribution in [0.5, 0.6) is 0 Å². The van der Waals surface area contributed by atoms with E-state index < -0.39 is 16.8 Å². The summed E-state index contributed by atoms with van der Waals surface area (Å²) < 4.78 is 16.4. The highest BCUT2D eigenvalue weighted by Crippen LogP contribution is 2.13. The van der Waals surface area contributed by atoms with Crippen molar-refractivity contribution in [3.63, 3.8) is 0 Å². The number of carboxylic acids is 1. The molecule has 2 atom stereocenters. The summed E-state index contributed by atoms with van der Waals surface area (Å²) in [6.45, 7) is 3.00. The van der Waals surface area contributed by atoms with Gasteiger partial charge in [-0.1, -0.05) is 0 Å². The number of hydrogen-bond donors (Lipinski definition) is 2. The number of hydrogen-bond acceptors (Lipinski definition) is 4. The van der Waals surface area contributed by atoms with E-state index in [0.717, 1.165) is 0 Å². The number of rotatable bonds is 6. The third-order valence-corrected chi connectivity index (χ3v) is 4.58. The molecule has 20 heavy (non-hydrogen) atoms. The fraction of sp³-hybridized carbons (Fsp3) is 0.833. The van der Waals surface area contributed by atoms with Gasteiger partial charge in [0.15, 0.2) is 0 Å². The van der Waals surface area contributed by atoms with Crippen molar-refractivity contribution in [2.24, 2.45) is 0 Å². The Hall–Kier alpha value is -1.15. The number of carbonyl (C=O) groups is 2. The van der Waals surface area contributed by atoms with Crippen LogP contribution in [0, 0.1) is 0 Å². The Balaban J connectivity index is 2.25. The van der Waals surface area contributed by atoms with Crippen molar-refractivity contribution in [3.8, 4) is 0 Å². The van der Waals surface area contributed by atoms with E-state index in [0.29, 0.717) is 32.5 Å². The molecular formula is C12H22N2O5S. The molecule has 1 rings (SSSR count). The first-order valence-electron chi connectivity index (χ1n) is 6.58. The van der Waals surface area contributed by atoms with Crippen molar-refractivity contribution in [1.29, 1.82) is 0 Å². The maximum absolute atomic E-state index is 11.9. The topological polar surface area (TPSA) is 95.9 Å². The van der Waals surface area contributed by atoms with Crippen LogP contribution in [0.25, 0.3) is 0 Å². The predicted molar refractivity (Wildman–Crippen MR) is 75.1 cm³/mol. The number of likely N-dealkylation sites (tertiary alicyclic amines) is 1. The Labute approximate surface area is 121 Å². The minimum Gasteiger partial charge on any atom is -0.480 e. The van der Waals surface area contributed by atoms with Gasteiger partial charge in [-0.05, 0) is 19.8 Å². The molecule has 2 unspecified atom stereocenters. The zero-order valence-electron chi connectivity index (χ0n) is 11.8. The summed E-state index contributed by atoms with van der Waals surface area (Å²) >= 11 is 0. The second-order valence-corrected chi connectivity index (χ2v) is 6.69. The first-order valence-corrected chi connectivity index (χ1v) is 8.20. The van der Waals surface area contributed by atoms with Crippen LogP contribution < -0.4 is 5.32 Å². The zero-order valence-corrected chi connectivity index (χ0v) is 12.6. The Kier molecular flexibility index (Phi) is 6.94. The standard InChI is InChI=1S/C12H22N2O5S/c1-9(20(2)18)7-13-12(17)14-5-3-10(4-6-14)19-8-11(15)16/h9-10H,3-8H2,1-2H3,(H,13,17)(H,15,16). The number of nitrogens with one attached hydrogen (secondary N) is 1. The monoisotopic (exact) mass is 306 g/mol. The molecule has 0 aromatic carbocycles. The molecule has 0 bridgehead atoms. The maximum Gasteiger partial charge on any atom is 0.329 e. The number of nitrogens with zero attached hydrogens (tertiary/aromatic N) is 1. The van der Waals surface area contributed by atoms with Crippen LogP contribution in [0.3, 0.4) is 0 Å². The van der Waals surface area contributed by atoms with Gasteiger partial charge >= 0.3 is 12.0 Å². The van der Waals surface area contributed by atoms with E-state index >= 15 is 0 Å². The summed E-state index contributed by atoms with van der Waals surface area (Å²) in [5, 5.41) is 11.2. The lowest BCUT2D eigenvalue weighted by molar-refractivity contribution is -0.145. The second-order valence-electron chi connectivity index (χ2n) is 4.89. The van der Waals surface area contributed by atoms with E-state index in [1.54, 1.807) is 11.2 Å². The van der Waals surface area contributed by atoms with Crippen molar-refractivity contribution in [1.82, 2.24) is 10.2 Å². The van der Waals surface area contributed by atoms with Crippen molar-refractivity contribution in [2.45, 2.75) is 31.1 Å². The minimum atomic E-state index is -0.980. The van der Waals surface area contributed by atoms with Crippen molar-refractivity contribution in [2.75, 3.05) is 32.5 Å². The molecule has 7 nitrogen and oxygen atoms in total. The minimum absolute atomic E-state index is 0.0737. The zero-order chi connectivity index (χ0) is 15.1. The number of carboxylic acid groups (broad SMARTS) is 1. The van der Waals surface area contributed by atoms with Gasteiger partial charge in [-0.25, -0.2) is 9.59 Å². The molecule has 0 aromatic rings. The van der Waals surface area contributed by atoms with Gasteiger partial charge in [0.2, 0.25) is 0 Å². The molecule has 8 heteroatoms. The first-order chi connectivity index (χ1) is 9.40. The van der Waals surface area contributed by atoms with Crippen molar-refractivity contribution < 1.29 is 23.6 Å². The largest absolute Gasteiger partial charge is 0.480 e. The summed E-state index contributed by atoms with van der Waals surface area (Å²) in [7, 11) is -0.953. The fourth-order valence-electron chi connectivity index (χ4n) is 1.87. The van der Waals surface area contributed by atoms with Crippen LogP contribution >= 0.6 is 0 Å². The van der Waals surface area contributed by atoms with E-state index in [1.807, 2.05) is 6.92 Å². The summed E-state index contributed by atoms with van der Waals surface area (Å²) in [4.78, 5) is 23.9. The van der Waals surface area contributed by atoms with Crippen molar-refractivity contribution in [3.05, 3.63) is 0 Å². The molecule has 0 saturated carbocycles. The van der Waals surface area contributed by atoms with Crippen LogP contribution in [0.4, 0.5) is 4.79 Å². The van der Waals surface area contributed by atoms with Gasteiger partial charge < -0.3 is 20.1 Å². The van der Waals surface area contributed by atoms with Gasteiger partial charge in [-0.15, -0.1) is 0 Å². The highest BCUT2D eigenvalue weighted by molar-refractivity contribution is 7.84. The number of aliphatic carboxylic acids is 1. The van der Waals surface area contributed by atoms with E-state index in [2.05, 4.69) is 5.32 Å². The Morgan fingerprint density at radius 2 is 2.05 bits per heavy atom. The van der Waals surface area contributed by atoms with Crippen LogP contribution in [0.15, 0.2) is 0 Å². The number of ether oxygens (including phenoxy) is 1. The predicted octanol–water partition coefficient (Wildman–Crippen LogP) is 0.0286. The van der Waals surface area contributed by atoms with Crippen LogP contribution in [-0.4, -0.2) is 70.1 Å². The highest BCUT2D eigenvalue weighted by Gasteiger charge is 2.23. The van der Waals surface area contributed by atoms with Gasteiger partial charge in [-0.2, -0.15) is 0 Å². The lowest BCUT2D eigenvalue weighted by atomic mass is 10.1. The quantitative estimate of drug-likeness (QED) is 0.722. The van der Waals surface area contributed by atoms with E-state index in [9.17, 15) is 13.8 Å². The SMILES string of the molecule is CC(CNC(=O)N1CCC(OCC(=O)O)CC1)S(C)=O. The number of urea groups is 1. The molecule has 0 spiro atoms. The van der Waals surface area contributed by atoms with Crippen LogP contribution in [0.1, 0.15) is 19.8 Å². The molecular weight excluding hydrogens is 284 g/mol. The van der Waals surface area contributed by atoms with E-state index in [4.69, 9.17) is 9.84 Å². The summed E-state index contributed by atoms with van der Waals surface area (Å²) in [5.74, 6) is -0.980. The Bertz CT molecular complexity index is 369. The lowest BCUT2D eigenvalue weighted by Crippen LogP contribution is -2.47. The smallest absolute Gasteiger partial charge is 0.329 e. The fourth-order valence-corrected chi connectivity index (χ4v) is 2.19. The second kappa shape index (κ2) is 8.21. The highest BCUT2D eigenvalue weighted by atomic mass is 32.2. The van der Waals surface area contributed by atoms with Crippen LogP contribution in [-0.2, 0) is 20.3 Å².